The number of alkyl carbamates (subject to hydrolysis) is 1. The van der Waals surface area contributed by atoms with Gasteiger partial charge in [0.25, 0.3) is 0 Å². The van der Waals surface area contributed by atoms with Gasteiger partial charge in [-0.15, -0.1) is 0 Å². The van der Waals surface area contributed by atoms with Gasteiger partial charge in [-0.3, -0.25) is 14.4 Å². The van der Waals surface area contributed by atoms with E-state index in [-0.39, 0.29) is 6.61 Å². The highest BCUT2D eigenvalue weighted by Crippen LogP contribution is 2.04. The van der Waals surface area contributed by atoms with Crippen LogP contribution in [0.15, 0.2) is 30.3 Å². The first-order valence-electron chi connectivity index (χ1n) is 9.04. The average molecular weight is 426 g/mol. The number of carbonyl (C=O) groups is 4. The lowest BCUT2D eigenvalue weighted by molar-refractivity contribution is -0.141. The highest BCUT2D eigenvalue weighted by molar-refractivity contribution is 7.98. The summed E-state index contributed by atoms with van der Waals surface area (Å²) in [6, 6.07) is 6.17. The van der Waals surface area contributed by atoms with Gasteiger partial charge in [0.15, 0.2) is 0 Å². The first kappa shape index (κ1) is 24.3. The molecule has 0 bridgehead atoms. The molecule has 0 aromatic heterocycles. The molecule has 0 unspecified atom stereocenters. The van der Waals surface area contributed by atoms with Crippen LogP contribution in [-0.4, -0.2) is 59.1 Å². The molecule has 160 valence electrons. The second-order valence-corrected chi connectivity index (χ2v) is 7.32. The van der Waals surface area contributed by atoms with Gasteiger partial charge < -0.3 is 25.8 Å². The number of aliphatic carboxylic acids is 1. The number of carboxylic acid groups (broad SMARTS) is 1. The number of amides is 3. The molecule has 1 rings (SSSR count). The van der Waals surface area contributed by atoms with Crippen molar-refractivity contribution in [1.29, 1.82) is 0 Å². The fourth-order valence-corrected chi connectivity index (χ4v) is 2.66. The maximum Gasteiger partial charge on any atom is 0.408 e. The molecular weight excluding hydrogens is 398 g/mol. The number of hydrogen-bond donors (Lipinski definition) is 4. The minimum atomic E-state index is -1.18. The predicted molar refractivity (Wildman–Crippen MR) is 109 cm³/mol. The normalized spacial score (nSPS) is 13.5. The van der Waals surface area contributed by atoms with Crippen LogP contribution in [0.1, 0.15) is 25.8 Å². The average Bonchev–Trinajstić information content (AvgIpc) is 2.69. The summed E-state index contributed by atoms with van der Waals surface area (Å²) in [5.74, 6) is -1.77. The number of rotatable bonds is 11. The van der Waals surface area contributed by atoms with Crippen molar-refractivity contribution in [2.75, 3.05) is 12.0 Å². The topological polar surface area (TPSA) is 134 Å². The first-order chi connectivity index (χ1) is 13.7. The molecule has 29 heavy (non-hydrogen) atoms. The van der Waals surface area contributed by atoms with Crippen molar-refractivity contribution in [3.05, 3.63) is 35.9 Å². The zero-order valence-electron chi connectivity index (χ0n) is 16.6. The lowest BCUT2D eigenvalue weighted by atomic mass is 10.2. The summed E-state index contributed by atoms with van der Waals surface area (Å²) in [6.07, 6.45) is 1.46. The van der Waals surface area contributed by atoms with Crippen LogP contribution in [0.3, 0.4) is 0 Å². The molecule has 3 atom stereocenters. The summed E-state index contributed by atoms with van der Waals surface area (Å²) in [5.41, 5.74) is 0.811. The molecule has 0 fully saturated rings. The molecule has 0 aliphatic carbocycles. The van der Waals surface area contributed by atoms with Crippen molar-refractivity contribution in [2.45, 2.75) is 45.0 Å². The van der Waals surface area contributed by atoms with Gasteiger partial charge in [-0.2, -0.15) is 11.8 Å². The zero-order valence-corrected chi connectivity index (χ0v) is 17.5. The molecular formula is C19H27N3O6S. The van der Waals surface area contributed by atoms with E-state index in [2.05, 4.69) is 16.0 Å². The third-order valence-electron chi connectivity index (χ3n) is 3.91. The molecule has 0 heterocycles. The van der Waals surface area contributed by atoms with Gasteiger partial charge in [0.05, 0.1) is 0 Å². The van der Waals surface area contributed by atoms with Crippen molar-refractivity contribution >= 4 is 35.6 Å². The number of carboxylic acids is 1. The molecule has 0 saturated heterocycles. The lowest BCUT2D eigenvalue weighted by Crippen LogP contribution is -2.54. The Morgan fingerprint density at radius 3 is 2.21 bits per heavy atom. The molecule has 1 aromatic carbocycles. The van der Waals surface area contributed by atoms with Crippen LogP contribution in [0.4, 0.5) is 4.79 Å². The number of ether oxygens (including phenoxy) is 1. The minimum absolute atomic E-state index is 0.0649. The Labute approximate surface area is 174 Å². The van der Waals surface area contributed by atoms with E-state index in [9.17, 15) is 19.2 Å². The molecule has 10 heteroatoms. The van der Waals surface area contributed by atoms with Gasteiger partial charge in [0.1, 0.15) is 24.7 Å². The van der Waals surface area contributed by atoms with Gasteiger partial charge >= 0.3 is 12.1 Å². The van der Waals surface area contributed by atoms with Crippen molar-refractivity contribution in [2.24, 2.45) is 0 Å². The second-order valence-electron chi connectivity index (χ2n) is 6.34. The summed E-state index contributed by atoms with van der Waals surface area (Å²) in [4.78, 5) is 47.4. The SMILES string of the molecule is CSCC[C@H](NC(=O)OCc1ccccc1)C(=O)N[C@@H](C)C(=O)N[C@@H](C)C(=O)O. The van der Waals surface area contributed by atoms with Gasteiger partial charge in [0.2, 0.25) is 11.8 Å². The molecule has 0 aliphatic rings. The van der Waals surface area contributed by atoms with E-state index < -0.39 is 42.0 Å². The van der Waals surface area contributed by atoms with Crippen LogP contribution in [0.2, 0.25) is 0 Å². The monoisotopic (exact) mass is 425 g/mol. The number of carbonyl (C=O) groups excluding carboxylic acids is 3. The van der Waals surface area contributed by atoms with Crippen LogP contribution in [0.5, 0.6) is 0 Å². The Hall–Kier alpha value is -2.75. The molecule has 1 aromatic rings. The largest absolute Gasteiger partial charge is 0.480 e. The fraction of sp³-hybridized carbons (Fsp3) is 0.474. The van der Waals surface area contributed by atoms with E-state index >= 15 is 0 Å². The highest BCUT2D eigenvalue weighted by atomic mass is 32.2. The molecule has 0 spiro atoms. The van der Waals surface area contributed by atoms with E-state index in [1.165, 1.54) is 25.6 Å². The molecule has 9 nitrogen and oxygen atoms in total. The van der Waals surface area contributed by atoms with Crippen LogP contribution >= 0.6 is 11.8 Å². The summed E-state index contributed by atoms with van der Waals surface area (Å²) < 4.78 is 5.14. The Kier molecular flexibility index (Phi) is 10.6. The lowest BCUT2D eigenvalue weighted by Gasteiger charge is -2.21. The smallest absolute Gasteiger partial charge is 0.408 e. The van der Waals surface area contributed by atoms with Crippen molar-refractivity contribution in [3.8, 4) is 0 Å². The van der Waals surface area contributed by atoms with E-state index in [0.717, 1.165) is 5.56 Å². The minimum Gasteiger partial charge on any atom is -0.480 e. The summed E-state index contributed by atoms with van der Waals surface area (Å²) in [5, 5.41) is 16.1. The number of nitrogens with one attached hydrogen (secondary N) is 3. The van der Waals surface area contributed by atoms with Gasteiger partial charge in [-0.25, -0.2) is 4.79 Å². The second kappa shape index (κ2) is 12.7. The predicted octanol–water partition coefficient (Wildman–Crippen LogP) is 1.13. The maximum absolute atomic E-state index is 12.5. The van der Waals surface area contributed by atoms with E-state index in [4.69, 9.17) is 9.84 Å². The first-order valence-corrected chi connectivity index (χ1v) is 10.4. The van der Waals surface area contributed by atoms with E-state index in [0.29, 0.717) is 12.2 Å². The third-order valence-corrected chi connectivity index (χ3v) is 4.56. The molecule has 3 amide bonds. The van der Waals surface area contributed by atoms with Gasteiger partial charge in [-0.1, -0.05) is 30.3 Å². The summed E-state index contributed by atoms with van der Waals surface area (Å²) >= 11 is 1.50. The summed E-state index contributed by atoms with van der Waals surface area (Å²) in [6.45, 7) is 2.82. The Morgan fingerprint density at radius 1 is 1.00 bits per heavy atom. The van der Waals surface area contributed by atoms with E-state index in [1.807, 2.05) is 36.6 Å². The van der Waals surface area contributed by atoms with Crippen LogP contribution in [-0.2, 0) is 25.7 Å². The third kappa shape index (κ3) is 9.33. The van der Waals surface area contributed by atoms with Crippen molar-refractivity contribution in [3.63, 3.8) is 0 Å². The molecule has 0 aliphatic heterocycles. The quantitative estimate of drug-likeness (QED) is 0.417. The molecule has 0 radical (unpaired) electrons. The standard InChI is InChI=1S/C19H27N3O6S/c1-12(16(23)21-13(2)18(25)26)20-17(24)15(9-10-29-3)22-19(27)28-11-14-7-5-4-6-8-14/h4-8,12-13,15H,9-11H2,1-3H3,(H,20,24)(H,21,23)(H,22,27)(H,25,26)/t12-,13-,15-/m0/s1. The number of hydrogen-bond acceptors (Lipinski definition) is 6. The van der Waals surface area contributed by atoms with Crippen LogP contribution in [0.25, 0.3) is 0 Å². The molecule has 0 saturated carbocycles. The number of benzene rings is 1. The van der Waals surface area contributed by atoms with E-state index in [1.54, 1.807) is 0 Å². The fourth-order valence-electron chi connectivity index (χ4n) is 2.19. The van der Waals surface area contributed by atoms with Crippen molar-refractivity contribution < 1.29 is 29.0 Å². The van der Waals surface area contributed by atoms with Crippen molar-refractivity contribution in [1.82, 2.24) is 16.0 Å². The Bertz CT molecular complexity index is 700. The number of thioether (sulfide) groups is 1. The van der Waals surface area contributed by atoms with Crippen LogP contribution in [0, 0.1) is 0 Å². The Balaban J connectivity index is 2.60. The van der Waals surface area contributed by atoms with Crippen LogP contribution < -0.4 is 16.0 Å². The Morgan fingerprint density at radius 2 is 1.62 bits per heavy atom. The highest BCUT2D eigenvalue weighted by Gasteiger charge is 2.26. The zero-order chi connectivity index (χ0) is 21.8. The van der Waals surface area contributed by atoms with Gasteiger partial charge in [0, 0.05) is 0 Å². The maximum atomic E-state index is 12.5. The van der Waals surface area contributed by atoms with Gasteiger partial charge in [-0.05, 0) is 37.8 Å². The summed E-state index contributed by atoms with van der Waals surface area (Å²) in [7, 11) is 0. The molecule has 4 N–H and O–H groups in total.